The SMILES string of the molecule is CC(C)COC(=O)C1(c2ccccc2)CCNCC1. The molecule has 3 nitrogen and oxygen atoms in total. The minimum Gasteiger partial charge on any atom is -0.465 e. The predicted molar refractivity (Wildman–Crippen MR) is 76.0 cm³/mol. The van der Waals surface area contributed by atoms with Gasteiger partial charge in [-0.05, 0) is 37.4 Å². The van der Waals surface area contributed by atoms with E-state index in [1.807, 2.05) is 30.3 Å². The summed E-state index contributed by atoms with van der Waals surface area (Å²) in [7, 11) is 0. The summed E-state index contributed by atoms with van der Waals surface area (Å²) < 4.78 is 5.53. The molecule has 1 aliphatic rings. The number of nitrogens with one attached hydrogen (secondary N) is 1. The lowest BCUT2D eigenvalue weighted by Gasteiger charge is -2.36. The van der Waals surface area contributed by atoms with Gasteiger partial charge in [0.25, 0.3) is 0 Å². The molecule has 0 saturated carbocycles. The summed E-state index contributed by atoms with van der Waals surface area (Å²) >= 11 is 0. The molecule has 104 valence electrons. The molecule has 1 heterocycles. The molecule has 0 aliphatic carbocycles. The highest BCUT2D eigenvalue weighted by molar-refractivity contribution is 5.83. The van der Waals surface area contributed by atoms with Crippen LogP contribution in [-0.2, 0) is 14.9 Å². The van der Waals surface area contributed by atoms with Crippen LogP contribution in [0.5, 0.6) is 0 Å². The molecule has 1 aliphatic heterocycles. The maximum atomic E-state index is 12.6. The molecule has 1 N–H and O–H groups in total. The van der Waals surface area contributed by atoms with Crippen LogP contribution in [0.4, 0.5) is 0 Å². The van der Waals surface area contributed by atoms with E-state index in [4.69, 9.17) is 4.74 Å². The molecule has 1 fully saturated rings. The third-order valence-corrected chi connectivity index (χ3v) is 3.72. The smallest absolute Gasteiger partial charge is 0.316 e. The molecule has 1 saturated heterocycles. The normalized spacial score (nSPS) is 18.3. The molecule has 2 rings (SSSR count). The second kappa shape index (κ2) is 6.20. The number of hydrogen-bond donors (Lipinski definition) is 1. The highest BCUT2D eigenvalue weighted by atomic mass is 16.5. The van der Waals surface area contributed by atoms with Crippen molar-refractivity contribution >= 4 is 5.97 Å². The van der Waals surface area contributed by atoms with E-state index in [0.29, 0.717) is 12.5 Å². The van der Waals surface area contributed by atoms with Crippen LogP contribution >= 0.6 is 0 Å². The van der Waals surface area contributed by atoms with Crippen molar-refractivity contribution in [1.29, 1.82) is 0 Å². The van der Waals surface area contributed by atoms with Crippen LogP contribution in [0.1, 0.15) is 32.3 Å². The number of esters is 1. The van der Waals surface area contributed by atoms with Gasteiger partial charge in [0.2, 0.25) is 0 Å². The van der Waals surface area contributed by atoms with Gasteiger partial charge in [-0.15, -0.1) is 0 Å². The van der Waals surface area contributed by atoms with Crippen LogP contribution in [0.3, 0.4) is 0 Å². The van der Waals surface area contributed by atoms with Gasteiger partial charge in [-0.25, -0.2) is 0 Å². The zero-order valence-electron chi connectivity index (χ0n) is 11.8. The Morgan fingerprint density at radius 1 is 1.26 bits per heavy atom. The Morgan fingerprint density at radius 2 is 1.89 bits per heavy atom. The Labute approximate surface area is 115 Å². The molecule has 0 radical (unpaired) electrons. The topological polar surface area (TPSA) is 38.3 Å². The fourth-order valence-corrected chi connectivity index (χ4v) is 2.60. The van der Waals surface area contributed by atoms with Crippen LogP contribution in [0.15, 0.2) is 30.3 Å². The molecule has 0 bridgehead atoms. The van der Waals surface area contributed by atoms with E-state index in [9.17, 15) is 4.79 Å². The van der Waals surface area contributed by atoms with E-state index in [1.165, 1.54) is 0 Å². The van der Waals surface area contributed by atoms with Gasteiger partial charge < -0.3 is 10.1 Å². The van der Waals surface area contributed by atoms with Crippen molar-refractivity contribution in [2.75, 3.05) is 19.7 Å². The van der Waals surface area contributed by atoms with Crippen LogP contribution in [0.25, 0.3) is 0 Å². The van der Waals surface area contributed by atoms with Gasteiger partial charge in [0, 0.05) is 0 Å². The molecular weight excluding hydrogens is 238 g/mol. The quantitative estimate of drug-likeness (QED) is 0.846. The molecule has 3 heteroatoms. The maximum absolute atomic E-state index is 12.6. The second-order valence-electron chi connectivity index (χ2n) is 5.69. The first-order valence-electron chi connectivity index (χ1n) is 7.08. The van der Waals surface area contributed by atoms with E-state index >= 15 is 0 Å². The Hall–Kier alpha value is -1.35. The summed E-state index contributed by atoms with van der Waals surface area (Å²) in [5.41, 5.74) is 0.631. The third kappa shape index (κ3) is 3.16. The van der Waals surface area contributed by atoms with E-state index in [0.717, 1.165) is 31.5 Å². The minimum absolute atomic E-state index is 0.0612. The van der Waals surface area contributed by atoms with Gasteiger partial charge in [0.05, 0.1) is 12.0 Å². The number of carbonyl (C=O) groups is 1. The van der Waals surface area contributed by atoms with Gasteiger partial charge in [0.15, 0.2) is 0 Å². The minimum atomic E-state index is -0.457. The Bertz CT molecular complexity index is 408. The second-order valence-corrected chi connectivity index (χ2v) is 5.69. The first-order valence-corrected chi connectivity index (χ1v) is 7.08. The highest BCUT2D eigenvalue weighted by Gasteiger charge is 2.42. The highest BCUT2D eigenvalue weighted by Crippen LogP contribution is 2.34. The Balaban J connectivity index is 2.22. The van der Waals surface area contributed by atoms with Crippen molar-refractivity contribution in [1.82, 2.24) is 5.32 Å². The number of carbonyl (C=O) groups excluding carboxylic acids is 1. The van der Waals surface area contributed by atoms with E-state index < -0.39 is 5.41 Å². The third-order valence-electron chi connectivity index (χ3n) is 3.72. The summed E-state index contributed by atoms with van der Waals surface area (Å²) in [5.74, 6) is 0.312. The van der Waals surface area contributed by atoms with E-state index in [-0.39, 0.29) is 5.97 Å². The molecule has 19 heavy (non-hydrogen) atoms. The molecule has 0 atom stereocenters. The summed E-state index contributed by atoms with van der Waals surface area (Å²) in [6, 6.07) is 10.1. The average molecular weight is 261 g/mol. The predicted octanol–water partition coefficient (Wildman–Crippen LogP) is 2.51. The Kier molecular flexibility index (Phi) is 4.59. The van der Waals surface area contributed by atoms with Gasteiger partial charge in [-0.3, -0.25) is 4.79 Å². The molecule has 0 amide bonds. The number of benzene rings is 1. The molecular formula is C16H23NO2. The summed E-state index contributed by atoms with van der Waals surface area (Å²) in [5, 5.41) is 3.32. The van der Waals surface area contributed by atoms with Crippen molar-refractivity contribution in [3.05, 3.63) is 35.9 Å². The monoisotopic (exact) mass is 261 g/mol. The lowest BCUT2D eigenvalue weighted by molar-refractivity contribution is -0.153. The number of ether oxygens (including phenoxy) is 1. The summed E-state index contributed by atoms with van der Waals surface area (Å²) in [6.07, 6.45) is 1.63. The first-order chi connectivity index (χ1) is 9.15. The zero-order valence-corrected chi connectivity index (χ0v) is 11.8. The van der Waals surface area contributed by atoms with E-state index in [2.05, 4.69) is 19.2 Å². The van der Waals surface area contributed by atoms with Crippen LogP contribution < -0.4 is 5.32 Å². The van der Waals surface area contributed by atoms with Gasteiger partial charge >= 0.3 is 5.97 Å². The lowest BCUT2D eigenvalue weighted by Crippen LogP contribution is -2.46. The summed E-state index contributed by atoms with van der Waals surface area (Å²) in [6.45, 7) is 6.36. The molecule has 0 spiro atoms. The van der Waals surface area contributed by atoms with Crippen molar-refractivity contribution in [2.45, 2.75) is 32.1 Å². The maximum Gasteiger partial charge on any atom is 0.316 e. The fraction of sp³-hybridized carbons (Fsp3) is 0.562. The molecule has 1 aromatic carbocycles. The number of rotatable bonds is 4. The number of hydrogen-bond acceptors (Lipinski definition) is 3. The van der Waals surface area contributed by atoms with Crippen molar-refractivity contribution in [3.8, 4) is 0 Å². The first kappa shape index (κ1) is 14.1. The van der Waals surface area contributed by atoms with Gasteiger partial charge in [-0.1, -0.05) is 44.2 Å². The Morgan fingerprint density at radius 3 is 2.47 bits per heavy atom. The fourth-order valence-electron chi connectivity index (χ4n) is 2.60. The van der Waals surface area contributed by atoms with Gasteiger partial charge in [0.1, 0.15) is 0 Å². The lowest BCUT2D eigenvalue weighted by atomic mass is 9.73. The van der Waals surface area contributed by atoms with Crippen molar-refractivity contribution in [3.63, 3.8) is 0 Å². The molecule has 1 aromatic rings. The van der Waals surface area contributed by atoms with E-state index in [1.54, 1.807) is 0 Å². The largest absolute Gasteiger partial charge is 0.465 e. The van der Waals surface area contributed by atoms with Crippen molar-refractivity contribution < 1.29 is 9.53 Å². The summed E-state index contributed by atoms with van der Waals surface area (Å²) in [4.78, 5) is 12.6. The average Bonchev–Trinajstić information content (AvgIpc) is 2.46. The zero-order chi connectivity index (χ0) is 13.7. The van der Waals surface area contributed by atoms with Crippen molar-refractivity contribution in [2.24, 2.45) is 5.92 Å². The number of piperidine rings is 1. The van der Waals surface area contributed by atoms with Crippen LogP contribution in [0, 0.1) is 5.92 Å². The molecule has 0 aromatic heterocycles. The van der Waals surface area contributed by atoms with Gasteiger partial charge in [-0.2, -0.15) is 0 Å². The van der Waals surface area contributed by atoms with Crippen LogP contribution in [-0.4, -0.2) is 25.7 Å². The standard InChI is InChI=1S/C16H23NO2/c1-13(2)12-19-15(18)16(8-10-17-11-9-16)14-6-4-3-5-7-14/h3-7,13,17H,8-12H2,1-2H3. The van der Waals surface area contributed by atoms with Crippen LogP contribution in [0.2, 0.25) is 0 Å². The molecule has 0 unspecified atom stereocenters.